The lowest BCUT2D eigenvalue weighted by molar-refractivity contribution is -0.138. The fourth-order valence-electron chi connectivity index (χ4n) is 3.18. The van der Waals surface area contributed by atoms with Crippen molar-refractivity contribution in [3.05, 3.63) is 72.2 Å². The molecule has 1 aromatic carbocycles. The predicted molar refractivity (Wildman–Crippen MR) is 110 cm³/mol. The number of aromatic nitrogens is 3. The van der Waals surface area contributed by atoms with E-state index in [9.17, 15) is 26.3 Å². The molecule has 0 fully saturated rings. The van der Waals surface area contributed by atoms with Gasteiger partial charge in [0.1, 0.15) is 17.0 Å². The van der Waals surface area contributed by atoms with Gasteiger partial charge in [0.25, 0.3) is 0 Å². The third-order valence-corrected chi connectivity index (χ3v) is 5.64. The summed E-state index contributed by atoms with van der Waals surface area (Å²) in [4.78, 5) is 9.47. The monoisotopic (exact) mass is 467 g/mol. The van der Waals surface area contributed by atoms with Crippen LogP contribution in [0.25, 0.3) is 28.2 Å². The molecule has 4 aromatic rings. The van der Waals surface area contributed by atoms with Gasteiger partial charge in [-0.1, -0.05) is 19.1 Å². The van der Waals surface area contributed by atoms with Crippen molar-refractivity contribution in [3.63, 3.8) is 0 Å². The summed E-state index contributed by atoms with van der Waals surface area (Å²) in [6.45, 7) is 1.93. The molecule has 0 aliphatic carbocycles. The molecule has 32 heavy (non-hydrogen) atoms. The third-order valence-electron chi connectivity index (χ3n) is 4.73. The Morgan fingerprint density at radius 3 is 2.19 bits per heavy atom. The number of fused-ring (bicyclic) bond motifs is 1. The van der Waals surface area contributed by atoms with Crippen LogP contribution in [0.15, 0.2) is 66.0 Å². The quantitative estimate of drug-likeness (QED) is 0.235. The normalized spacial score (nSPS) is 12.5. The minimum Gasteiger partial charge on any atom is -0.306 e. The average molecular weight is 467 g/mol. The number of hydrogen-bond donors (Lipinski definition) is 0. The fraction of sp³-hybridized carbons (Fsp3) is 0.182. The SMILES string of the molecule is CCSc1cc(-c2ccc(C(F)(F)F)cc2)cnc1-c1cn2ccc(C(F)(F)F)cc2n1. The first-order valence-corrected chi connectivity index (χ1v) is 10.4. The van der Waals surface area contributed by atoms with Crippen molar-refractivity contribution in [1.29, 1.82) is 0 Å². The van der Waals surface area contributed by atoms with Gasteiger partial charge in [-0.25, -0.2) is 4.98 Å². The highest BCUT2D eigenvalue weighted by Gasteiger charge is 2.31. The van der Waals surface area contributed by atoms with Crippen molar-refractivity contribution in [2.24, 2.45) is 0 Å². The Kier molecular flexibility index (Phi) is 5.66. The van der Waals surface area contributed by atoms with E-state index < -0.39 is 23.5 Å². The maximum atomic E-state index is 13.0. The van der Waals surface area contributed by atoms with E-state index in [1.807, 2.05) is 6.92 Å². The Hall–Kier alpha value is -3.01. The van der Waals surface area contributed by atoms with E-state index in [-0.39, 0.29) is 5.65 Å². The molecule has 0 unspecified atom stereocenters. The Balaban J connectivity index is 1.73. The first-order chi connectivity index (χ1) is 15.1. The Morgan fingerprint density at radius 1 is 0.875 bits per heavy atom. The van der Waals surface area contributed by atoms with Crippen LogP contribution in [0.2, 0.25) is 0 Å². The van der Waals surface area contributed by atoms with E-state index in [2.05, 4.69) is 9.97 Å². The number of benzene rings is 1. The van der Waals surface area contributed by atoms with Gasteiger partial charge >= 0.3 is 12.4 Å². The van der Waals surface area contributed by atoms with Gasteiger partial charge in [0.15, 0.2) is 0 Å². The second-order valence-electron chi connectivity index (χ2n) is 6.88. The number of halogens is 6. The second kappa shape index (κ2) is 8.16. The second-order valence-corrected chi connectivity index (χ2v) is 8.19. The molecule has 0 spiro atoms. The molecule has 166 valence electrons. The van der Waals surface area contributed by atoms with Gasteiger partial charge in [-0.15, -0.1) is 11.8 Å². The molecule has 3 nitrogen and oxygen atoms in total. The number of thioether (sulfide) groups is 1. The molecule has 0 aliphatic heterocycles. The lowest BCUT2D eigenvalue weighted by Crippen LogP contribution is -2.05. The molecule has 0 saturated carbocycles. The van der Waals surface area contributed by atoms with E-state index in [1.165, 1.54) is 40.7 Å². The van der Waals surface area contributed by atoms with E-state index in [1.54, 1.807) is 12.3 Å². The summed E-state index contributed by atoms with van der Waals surface area (Å²) in [6.07, 6.45) is -4.49. The zero-order valence-corrected chi connectivity index (χ0v) is 17.3. The minimum absolute atomic E-state index is 0.135. The van der Waals surface area contributed by atoms with Crippen molar-refractivity contribution < 1.29 is 26.3 Å². The standard InChI is InChI=1S/C22H15F6N3S/c1-2-32-18-9-14(13-3-5-15(6-4-13)21(23,24)25)11-29-20(18)17-12-31-8-7-16(22(26,27)28)10-19(31)30-17/h3-12H,2H2,1H3. The van der Waals surface area contributed by atoms with Crippen LogP contribution in [0.1, 0.15) is 18.1 Å². The van der Waals surface area contributed by atoms with Crippen LogP contribution in [-0.2, 0) is 12.4 Å². The van der Waals surface area contributed by atoms with E-state index in [4.69, 9.17) is 0 Å². The molecular weight excluding hydrogens is 452 g/mol. The number of imidazole rings is 1. The van der Waals surface area contributed by atoms with Crippen LogP contribution < -0.4 is 0 Å². The van der Waals surface area contributed by atoms with Crippen LogP contribution in [-0.4, -0.2) is 20.1 Å². The Labute approximate surface area is 183 Å². The van der Waals surface area contributed by atoms with Crippen LogP contribution >= 0.6 is 11.8 Å². The molecule has 3 aromatic heterocycles. The summed E-state index contributed by atoms with van der Waals surface area (Å²) in [6, 6.07) is 8.51. The maximum absolute atomic E-state index is 13.0. The fourth-order valence-corrected chi connectivity index (χ4v) is 4.00. The van der Waals surface area contributed by atoms with Crippen LogP contribution in [0, 0.1) is 0 Å². The number of hydrogen-bond acceptors (Lipinski definition) is 3. The molecule has 0 N–H and O–H groups in total. The smallest absolute Gasteiger partial charge is 0.306 e. The zero-order valence-electron chi connectivity index (χ0n) is 16.5. The zero-order chi connectivity index (χ0) is 23.1. The molecule has 0 aliphatic rings. The summed E-state index contributed by atoms with van der Waals surface area (Å²) in [5.41, 5.74) is 0.689. The van der Waals surface area contributed by atoms with Crippen molar-refractivity contribution in [3.8, 4) is 22.5 Å². The topological polar surface area (TPSA) is 30.2 Å². The molecule has 0 amide bonds. The van der Waals surface area contributed by atoms with Crippen LogP contribution in [0.4, 0.5) is 26.3 Å². The third kappa shape index (κ3) is 4.45. The highest BCUT2D eigenvalue weighted by molar-refractivity contribution is 7.99. The van der Waals surface area contributed by atoms with Crippen LogP contribution in [0.3, 0.4) is 0 Å². The molecule has 10 heteroatoms. The van der Waals surface area contributed by atoms with Gasteiger partial charge in [0, 0.05) is 29.0 Å². The number of nitrogens with zero attached hydrogens (tertiary/aromatic N) is 3. The molecule has 0 atom stereocenters. The highest BCUT2D eigenvalue weighted by atomic mass is 32.2. The van der Waals surface area contributed by atoms with Gasteiger partial charge < -0.3 is 4.40 Å². The summed E-state index contributed by atoms with van der Waals surface area (Å²) >= 11 is 1.46. The summed E-state index contributed by atoms with van der Waals surface area (Å²) in [5.74, 6) is 0.691. The molecular formula is C22H15F6N3S. The van der Waals surface area contributed by atoms with Gasteiger partial charge in [-0.05, 0) is 41.6 Å². The molecule has 3 heterocycles. The summed E-state index contributed by atoms with van der Waals surface area (Å²) in [5, 5.41) is 0. The number of alkyl halides is 6. The van der Waals surface area contributed by atoms with Crippen molar-refractivity contribution >= 4 is 17.4 Å². The molecule has 0 saturated heterocycles. The summed E-state index contributed by atoms with van der Waals surface area (Å²) < 4.78 is 78.9. The maximum Gasteiger partial charge on any atom is 0.416 e. The van der Waals surface area contributed by atoms with E-state index in [0.717, 1.165) is 29.2 Å². The lowest BCUT2D eigenvalue weighted by atomic mass is 10.0. The van der Waals surface area contributed by atoms with Gasteiger partial charge in [0.2, 0.25) is 0 Å². The Bertz CT molecular complexity index is 1260. The van der Waals surface area contributed by atoms with Gasteiger partial charge in [-0.2, -0.15) is 26.3 Å². The molecule has 0 radical (unpaired) electrons. The average Bonchev–Trinajstić information content (AvgIpc) is 3.16. The first-order valence-electron chi connectivity index (χ1n) is 9.43. The van der Waals surface area contributed by atoms with Crippen LogP contribution in [0.5, 0.6) is 0 Å². The van der Waals surface area contributed by atoms with Crippen molar-refractivity contribution in [2.45, 2.75) is 24.2 Å². The minimum atomic E-state index is -4.47. The van der Waals surface area contributed by atoms with E-state index in [0.29, 0.717) is 28.3 Å². The highest BCUT2D eigenvalue weighted by Crippen LogP contribution is 2.35. The predicted octanol–water partition coefficient (Wildman–Crippen LogP) is 7.21. The summed E-state index contributed by atoms with van der Waals surface area (Å²) in [7, 11) is 0. The van der Waals surface area contributed by atoms with E-state index >= 15 is 0 Å². The number of pyridine rings is 2. The largest absolute Gasteiger partial charge is 0.416 e. The lowest BCUT2D eigenvalue weighted by Gasteiger charge is -2.10. The van der Waals surface area contributed by atoms with Gasteiger partial charge in [0.05, 0.1) is 11.1 Å². The molecule has 4 rings (SSSR count). The van der Waals surface area contributed by atoms with Gasteiger partial charge in [-0.3, -0.25) is 4.98 Å². The van der Waals surface area contributed by atoms with Crippen molar-refractivity contribution in [2.75, 3.05) is 5.75 Å². The number of rotatable bonds is 4. The Morgan fingerprint density at radius 2 is 1.56 bits per heavy atom. The molecule has 0 bridgehead atoms. The first kappa shape index (κ1) is 22.2. The van der Waals surface area contributed by atoms with Crippen molar-refractivity contribution in [1.82, 2.24) is 14.4 Å².